The zero-order chi connectivity index (χ0) is 19.2. The minimum Gasteiger partial charge on any atom is -0.391 e. The summed E-state index contributed by atoms with van der Waals surface area (Å²) in [6.45, 7) is 1.34. The van der Waals surface area contributed by atoms with Crippen LogP contribution in [0.1, 0.15) is 32.2 Å². The van der Waals surface area contributed by atoms with E-state index in [2.05, 4.69) is 4.98 Å². The SMILES string of the molecule is C[C@H](O)[C@H](O)CN(C)c1nc2c(cc1F)c(=O)n(N)c(=O)n2C1CCC1. The van der Waals surface area contributed by atoms with Crippen LogP contribution in [0.25, 0.3) is 11.0 Å². The average Bonchev–Trinajstić information content (AvgIpc) is 2.54. The monoisotopic (exact) mass is 367 g/mol. The summed E-state index contributed by atoms with van der Waals surface area (Å²) in [5, 5.41) is 19.2. The molecule has 0 unspecified atom stereocenters. The van der Waals surface area contributed by atoms with Crippen molar-refractivity contribution in [3.05, 3.63) is 32.7 Å². The molecule has 0 saturated heterocycles. The van der Waals surface area contributed by atoms with Gasteiger partial charge in [-0.3, -0.25) is 9.36 Å². The molecule has 1 aliphatic carbocycles. The first-order valence-corrected chi connectivity index (χ1v) is 8.42. The molecule has 1 saturated carbocycles. The standard InChI is InChI=1S/C16H22FN5O4/c1-8(23)12(24)7-20(2)14-11(17)6-10-13(19-14)21(9-4-3-5-9)16(26)22(18)15(10)25/h6,8-9,12,23-24H,3-5,7,18H2,1-2H3/t8-,12+/m0/s1. The Kier molecular flexibility index (Phi) is 4.72. The molecule has 9 nitrogen and oxygen atoms in total. The van der Waals surface area contributed by atoms with Crippen molar-refractivity contribution in [3.63, 3.8) is 0 Å². The van der Waals surface area contributed by atoms with Gasteiger partial charge in [0.25, 0.3) is 5.56 Å². The minimum absolute atomic E-state index is 0.0705. The van der Waals surface area contributed by atoms with E-state index in [1.165, 1.54) is 23.4 Å². The third kappa shape index (κ3) is 2.95. The topological polar surface area (TPSA) is 127 Å². The van der Waals surface area contributed by atoms with Gasteiger partial charge >= 0.3 is 5.69 Å². The smallest absolute Gasteiger partial charge is 0.351 e. The number of aliphatic hydroxyl groups excluding tert-OH is 2. The van der Waals surface area contributed by atoms with Crippen LogP contribution >= 0.6 is 0 Å². The second-order valence-electron chi connectivity index (χ2n) is 6.77. The van der Waals surface area contributed by atoms with Gasteiger partial charge in [-0.25, -0.2) is 14.2 Å². The van der Waals surface area contributed by atoms with Crippen LogP contribution < -0.4 is 22.0 Å². The van der Waals surface area contributed by atoms with Crippen molar-refractivity contribution in [1.29, 1.82) is 0 Å². The van der Waals surface area contributed by atoms with Crippen LogP contribution in [0.5, 0.6) is 0 Å². The third-order valence-electron chi connectivity index (χ3n) is 4.85. The summed E-state index contributed by atoms with van der Waals surface area (Å²) in [6, 6.07) is 0.864. The van der Waals surface area contributed by atoms with E-state index in [4.69, 9.17) is 5.84 Å². The lowest BCUT2D eigenvalue weighted by Crippen LogP contribution is -2.47. The minimum atomic E-state index is -1.11. The van der Waals surface area contributed by atoms with E-state index in [0.29, 0.717) is 4.68 Å². The Hall–Kier alpha value is -2.46. The van der Waals surface area contributed by atoms with Gasteiger partial charge in [-0.05, 0) is 32.3 Å². The molecule has 1 fully saturated rings. The van der Waals surface area contributed by atoms with Crippen molar-refractivity contribution in [2.45, 2.75) is 44.4 Å². The van der Waals surface area contributed by atoms with Gasteiger partial charge in [-0.15, -0.1) is 0 Å². The molecule has 10 heteroatoms. The van der Waals surface area contributed by atoms with Gasteiger partial charge in [0.2, 0.25) is 0 Å². The molecular weight excluding hydrogens is 345 g/mol. The molecule has 0 amide bonds. The maximum Gasteiger partial charge on any atom is 0.351 e. The Morgan fingerprint density at radius 1 is 1.42 bits per heavy atom. The van der Waals surface area contributed by atoms with Crippen molar-refractivity contribution in [2.75, 3.05) is 24.3 Å². The summed E-state index contributed by atoms with van der Waals surface area (Å²) >= 11 is 0. The number of nitrogen functional groups attached to an aromatic ring is 1. The normalized spacial score (nSPS) is 17.1. The van der Waals surface area contributed by atoms with Gasteiger partial charge in [0.1, 0.15) is 0 Å². The number of halogens is 1. The summed E-state index contributed by atoms with van der Waals surface area (Å²) in [5.41, 5.74) is -1.43. The van der Waals surface area contributed by atoms with E-state index in [-0.39, 0.29) is 29.4 Å². The van der Waals surface area contributed by atoms with Crippen LogP contribution in [0, 0.1) is 5.82 Å². The molecule has 0 radical (unpaired) electrons. The zero-order valence-corrected chi connectivity index (χ0v) is 14.6. The highest BCUT2D eigenvalue weighted by molar-refractivity contribution is 5.76. The predicted octanol–water partition coefficient (Wildman–Crippen LogP) is -0.686. The van der Waals surface area contributed by atoms with E-state index in [9.17, 15) is 24.2 Å². The first-order chi connectivity index (χ1) is 12.2. The molecule has 0 bridgehead atoms. The Bertz CT molecular complexity index is 950. The fraction of sp³-hybridized carbons (Fsp3) is 0.562. The van der Waals surface area contributed by atoms with Crippen LogP contribution in [0.4, 0.5) is 10.2 Å². The fourth-order valence-electron chi connectivity index (χ4n) is 3.00. The Morgan fingerprint density at radius 3 is 2.62 bits per heavy atom. The highest BCUT2D eigenvalue weighted by Crippen LogP contribution is 2.32. The highest BCUT2D eigenvalue weighted by Gasteiger charge is 2.27. The number of fused-ring (bicyclic) bond motifs is 1. The molecule has 0 aromatic carbocycles. The number of anilines is 1. The highest BCUT2D eigenvalue weighted by atomic mass is 19.1. The largest absolute Gasteiger partial charge is 0.391 e. The molecule has 2 aromatic rings. The second kappa shape index (κ2) is 6.69. The Labute approximate surface area is 148 Å². The van der Waals surface area contributed by atoms with Gasteiger partial charge in [0.15, 0.2) is 17.3 Å². The molecule has 3 rings (SSSR count). The van der Waals surface area contributed by atoms with Crippen LogP contribution in [0.3, 0.4) is 0 Å². The maximum atomic E-state index is 14.5. The van der Waals surface area contributed by atoms with Gasteiger partial charge in [-0.2, -0.15) is 4.68 Å². The molecule has 26 heavy (non-hydrogen) atoms. The van der Waals surface area contributed by atoms with Crippen molar-refractivity contribution in [3.8, 4) is 0 Å². The van der Waals surface area contributed by atoms with E-state index in [1.807, 2.05) is 0 Å². The molecule has 0 aliphatic heterocycles. The zero-order valence-electron chi connectivity index (χ0n) is 14.6. The maximum absolute atomic E-state index is 14.5. The quantitative estimate of drug-likeness (QED) is 0.597. The van der Waals surface area contributed by atoms with Crippen molar-refractivity contribution in [2.24, 2.45) is 0 Å². The number of nitrogens with two attached hydrogens (primary N) is 1. The van der Waals surface area contributed by atoms with Crippen LogP contribution in [0.15, 0.2) is 15.7 Å². The molecule has 1 aliphatic rings. The van der Waals surface area contributed by atoms with Crippen LogP contribution in [0.2, 0.25) is 0 Å². The van der Waals surface area contributed by atoms with Crippen LogP contribution in [-0.4, -0.2) is 50.2 Å². The number of nitrogens with zero attached hydrogens (tertiary/aromatic N) is 4. The van der Waals surface area contributed by atoms with Gasteiger partial charge < -0.3 is 21.0 Å². The number of aromatic nitrogens is 3. The third-order valence-corrected chi connectivity index (χ3v) is 4.85. The fourth-order valence-corrected chi connectivity index (χ4v) is 3.00. The molecule has 2 heterocycles. The van der Waals surface area contributed by atoms with Crippen LogP contribution in [-0.2, 0) is 0 Å². The summed E-state index contributed by atoms with van der Waals surface area (Å²) < 4.78 is 16.3. The lowest BCUT2D eigenvalue weighted by Gasteiger charge is -2.29. The van der Waals surface area contributed by atoms with Crippen molar-refractivity contribution < 1.29 is 14.6 Å². The van der Waals surface area contributed by atoms with E-state index in [1.54, 1.807) is 0 Å². The van der Waals surface area contributed by atoms with E-state index in [0.717, 1.165) is 25.3 Å². The first kappa shape index (κ1) is 18.3. The average molecular weight is 367 g/mol. The van der Waals surface area contributed by atoms with Crippen molar-refractivity contribution >= 4 is 16.9 Å². The molecular formula is C16H22FN5O4. The molecule has 2 atom stereocenters. The lowest BCUT2D eigenvalue weighted by molar-refractivity contribution is 0.0366. The predicted molar refractivity (Wildman–Crippen MR) is 94.2 cm³/mol. The summed E-state index contributed by atoms with van der Waals surface area (Å²) in [4.78, 5) is 30.2. The van der Waals surface area contributed by atoms with Crippen molar-refractivity contribution in [1.82, 2.24) is 14.2 Å². The van der Waals surface area contributed by atoms with Gasteiger partial charge in [0, 0.05) is 19.6 Å². The summed E-state index contributed by atoms with van der Waals surface area (Å²) in [5.74, 6) is 4.65. The second-order valence-corrected chi connectivity index (χ2v) is 6.77. The number of aliphatic hydroxyl groups is 2. The van der Waals surface area contributed by atoms with Gasteiger partial charge in [-0.1, -0.05) is 0 Å². The molecule has 2 aromatic heterocycles. The number of hydrogen-bond acceptors (Lipinski definition) is 7. The van der Waals surface area contributed by atoms with Gasteiger partial charge in [0.05, 0.1) is 17.6 Å². The number of rotatable bonds is 5. The summed E-state index contributed by atoms with van der Waals surface area (Å²) in [6.07, 6.45) is 0.328. The summed E-state index contributed by atoms with van der Waals surface area (Å²) in [7, 11) is 1.50. The number of pyridine rings is 1. The molecule has 4 N–H and O–H groups in total. The van der Waals surface area contributed by atoms with E-state index < -0.39 is 29.3 Å². The molecule has 0 spiro atoms. The molecule has 142 valence electrons. The lowest BCUT2D eigenvalue weighted by atomic mass is 9.93. The number of likely N-dealkylation sites (N-methyl/N-ethyl adjacent to an activating group) is 1. The Morgan fingerprint density at radius 2 is 2.08 bits per heavy atom. The first-order valence-electron chi connectivity index (χ1n) is 8.42. The Balaban J connectivity index is 2.18. The van der Waals surface area contributed by atoms with E-state index >= 15 is 0 Å². The number of hydrogen-bond donors (Lipinski definition) is 3.